The Hall–Kier alpha value is -3.09. The number of hydrogen-bond acceptors (Lipinski definition) is 4. The molecule has 32 heavy (non-hydrogen) atoms. The first-order valence-electron chi connectivity index (χ1n) is 10.3. The van der Waals surface area contributed by atoms with E-state index in [0.29, 0.717) is 33.3 Å². The van der Waals surface area contributed by atoms with Gasteiger partial charge in [-0.15, -0.1) is 0 Å². The Balaban J connectivity index is 1.59. The molecule has 1 unspecified atom stereocenters. The third-order valence-corrected chi connectivity index (χ3v) is 6.31. The van der Waals surface area contributed by atoms with Gasteiger partial charge in [0, 0.05) is 11.6 Å². The molecule has 162 valence electrons. The average molecular weight is 464 g/mol. The van der Waals surface area contributed by atoms with Crippen LogP contribution in [0.4, 0.5) is 0 Å². The lowest BCUT2D eigenvalue weighted by Gasteiger charge is -2.16. The fourth-order valence-corrected chi connectivity index (χ4v) is 4.50. The van der Waals surface area contributed by atoms with Gasteiger partial charge in [-0.2, -0.15) is 0 Å². The monoisotopic (exact) mass is 463 g/mol. The largest absolute Gasteiger partial charge is 0.355 e. The summed E-state index contributed by atoms with van der Waals surface area (Å²) >= 11 is 7.43. The molecule has 0 bridgehead atoms. The van der Waals surface area contributed by atoms with Crippen molar-refractivity contribution in [3.8, 4) is 5.69 Å². The Kier molecular flexibility index (Phi) is 6.93. The van der Waals surface area contributed by atoms with Crippen molar-refractivity contribution in [2.45, 2.75) is 23.8 Å². The van der Waals surface area contributed by atoms with E-state index in [-0.39, 0.29) is 11.5 Å². The van der Waals surface area contributed by atoms with Crippen LogP contribution in [0, 0.1) is 0 Å². The van der Waals surface area contributed by atoms with Crippen molar-refractivity contribution in [3.63, 3.8) is 0 Å². The second-order valence-electron chi connectivity index (χ2n) is 7.32. The number of halogens is 1. The smallest absolute Gasteiger partial charge is 0.266 e. The van der Waals surface area contributed by atoms with Crippen LogP contribution in [0.25, 0.3) is 16.6 Å². The zero-order chi connectivity index (χ0) is 22.5. The van der Waals surface area contributed by atoms with E-state index in [1.165, 1.54) is 21.9 Å². The molecular weight excluding hydrogens is 442 g/mol. The van der Waals surface area contributed by atoms with Gasteiger partial charge in [0.2, 0.25) is 5.91 Å². The van der Waals surface area contributed by atoms with Crippen LogP contribution in [0.3, 0.4) is 0 Å². The van der Waals surface area contributed by atoms with Crippen molar-refractivity contribution >= 4 is 40.2 Å². The van der Waals surface area contributed by atoms with E-state index in [0.717, 1.165) is 6.42 Å². The third-order valence-electron chi connectivity index (χ3n) is 5.02. The summed E-state index contributed by atoms with van der Waals surface area (Å²) in [4.78, 5) is 30.7. The fraction of sp³-hybridized carbons (Fsp3) is 0.160. The molecule has 1 heterocycles. The predicted octanol–water partition coefficient (Wildman–Crippen LogP) is 4.88. The molecule has 1 amide bonds. The number of amides is 1. The number of nitrogens with one attached hydrogen (secondary N) is 1. The number of benzene rings is 3. The molecule has 0 saturated carbocycles. The van der Waals surface area contributed by atoms with Crippen LogP contribution in [-0.4, -0.2) is 27.3 Å². The highest BCUT2D eigenvalue weighted by atomic mass is 35.5. The zero-order valence-electron chi connectivity index (χ0n) is 17.5. The topological polar surface area (TPSA) is 64.0 Å². The molecule has 0 spiro atoms. The number of para-hydroxylation sites is 1. The Morgan fingerprint density at radius 1 is 1.06 bits per heavy atom. The van der Waals surface area contributed by atoms with Crippen molar-refractivity contribution < 1.29 is 4.79 Å². The van der Waals surface area contributed by atoms with Crippen molar-refractivity contribution in [3.05, 3.63) is 99.8 Å². The summed E-state index contributed by atoms with van der Waals surface area (Å²) in [5.74, 6) is -0.106. The number of carbonyl (C=O) groups excluding carboxylic acids is 1. The standard InChI is InChI=1S/C25H22ClN3O2S/c1-17(23(30)27-15-14-18-8-3-2-4-9-18)32-25-28-22-13-6-5-12-21(22)24(31)29(25)20-11-7-10-19(26)16-20/h2-13,16-17H,14-15H2,1H3,(H,27,30). The summed E-state index contributed by atoms with van der Waals surface area (Å²) in [6, 6.07) is 24.3. The number of thioether (sulfide) groups is 1. The van der Waals surface area contributed by atoms with Gasteiger partial charge in [-0.25, -0.2) is 4.98 Å². The quantitative estimate of drug-likeness (QED) is 0.313. The number of hydrogen-bond donors (Lipinski definition) is 1. The molecule has 1 atom stereocenters. The summed E-state index contributed by atoms with van der Waals surface area (Å²) < 4.78 is 1.52. The maximum absolute atomic E-state index is 13.3. The van der Waals surface area contributed by atoms with E-state index in [1.54, 1.807) is 36.4 Å². The van der Waals surface area contributed by atoms with Crippen molar-refractivity contribution in [1.82, 2.24) is 14.9 Å². The molecule has 0 aliphatic rings. The molecule has 4 aromatic rings. The minimum absolute atomic E-state index is 0.106. The lowest BCUT2D eigenvalue weighted by Crippen LogP contribution is -2.33. The van der Waals surface area contributed by atoms with E-state index in [2.05, 4.69) is 5.32 Å². The van der Waals surface area contributed by atoms with Crippen LogP contribution in [0.5, 0.6) is 0 Å². The van der Waals surface area contributed by atoms with Gasteiger partial charge < -0.3 is 5.32 Å². The summed E-state index contributed by atoms with van der Waals surface area (Å²) in [6.07, 6.45) is 0.755. The average Bonchev–Trinajstić information content (AvgIpc) is 2.80. The first-order valence-corrected chi connectivity index (χ1v) is 11.5. The highest BCUT2D eigenvalue weighted by molar-refractivity contribution is 8.00. The Morgan fingerprint density at radius 3 is 2.59 bits per heavy atom. The number of rotatable bonds is 7. The van der Waals surface area contributed by atoms with E-state index in [1.807, 2.05) is 49.4 Å². The molecule has 3 aromatic carbocycles. The second-order valence-corrected chi connectivity index (χ2v) is 9.06. The fourth-order valence-electron chi connectivity index (χ4n) is 3.36. The normalized spacial score (nSPS) is 11.9. The molecule has 0 aliphatic carbocycles. The van der Waals surface area contributed by atoms with Gasteiger partial charge in [0.25, 0.3) is 5.56 Å². The van der Waals surface area contributed by atoms with Gasteiger partial charge in [0.15, 0.2) is 5.16 Å². The summed E-state index contributed by atoms with van der Waals surface area (Å²) in [5, 5.41) is 4.01. The number of fused-ring (bicyclic) bond motifs is 1. The van der Waals surface area contributed by atoms with Gasteiger partial charge in [-0.1, -0.05) is 71.9 Å². The van der Waals surface area contributed by atoms with E-state index < -0.39 is 5.25 Å². The van der Waals surface area contributed by atoms with Crippen LogP contribution in [-0.2, 0) is 11.2 Å². The van der Waals surface area contributed by atoms with Gasteiger partial charge in [-0.3, -0.25) is 14.2 Å². The molecule has 7 heteroatoms. The van der Waals surface area contributed by atoms with Crippen molar-refractivity contribution in [1.29, 1.82) is 0 Å². The summed E-state index contributed by atoms with van der Waals surface area (Å²) in [6.45, 7) is 2.35. The minimum atomic E-state index is -0.440. The van der Waals surface area contributed by atoms with E-state index in [9.17, 15) is 9.59 Å². The molecule has 0 radical (unpaired) electrons. The second kappa shape index (κ2) is 10.0. The van der Waals surface area contributed by atoms with Crippen LogP contribution >= 0.6 is 23.4 Å². The number of carbonyl (C=O) groups is 1. The van der Waals surface area contributed by atoms with Crippen LogP contribution in [0.15, 0.2) is 88.8 Å². The first kappa shape index (κ1) is 22.1. The maximum Gasteiger partial charge on any atom is 0.266 e. The van der Waals surface area contributed by atoms with Gasteiger partial charge >= 0.3 is 0 Å². The molecule has 0 fully saturated rings. The Morgan fingerprint density at radius 2 is 1.81 bits per heavy atom. The van der Waals surface area contributed by atoms with Gasteiger partial charge in [0.05, 0.1) is 21.8 Å². The van der Waals surface area contributed by atoms with Crippen molar-refractivity contribution in [2.24, 2.45) is 0 Å². The molecule has 4 rings (SSSR count). The lowest BCUT2D eigenvalue weighted by atomic mass is 10.1. The van der Waals surface area contributed by atoms with Crippen LogP contribution < -0.4 is 10.9 Å². The zero-order valence-corrected chi connectivity index (χ0v) is 19.1. The number of nitrogens with zero attached hydrogens (tertiary/aromatic N) is 2. The molecule has 5 nitrogen and oxygen atoms in total. The SMILES string of the molecule is CC(Sc1nc2ccccc2c(=O)n1-c1cccc(Cl)c1)C(=O)NCCc1ccccc1. The van der Waals surface area contributed by atoms with E-state index in [4.69, 9.17) is 16.6 Å². The van der Waals surface area contributed by atoms with Crippen molar-refractivity contribution in [2.75, 3.05) is 6.54 Å². The number of aromatic nitrogens is 2. The first-order chi connectivity index (χ1) is 15.5. The minimum Gasteiger partial charge on any atom is -0.355 e. The molecule has 0 aliphatic heterocycles. The molecule has 0 saturated heterocycles. The lowest BCUT2D eigenvalue weighted by molar-refractivity contribution is -0.120. The summed E-state index contributed by atoms with van der Waals surface area (Å²) in [5.41, 5.74) is 2.17. The van der Waals surface area contributed by atoms with Crippen LogP contribution in [0.2, 0.25) is 5.02 Å². The van der Waals surface area contributed by atoms with E-state index >= 15 is 0 Å². The molecule has 1 aromatic heterocycles. The summed E-state index contributed by atoms with van der Waals surface area (Å²) in [7, 11) is 0. The Bertz CT molecular complexity index is 1310. The predicted molar refractivity (Wildman–Crippen MR) is 131 cm³/mol. The van der Waals surface area contributed by atoms with Gasteiger partial charge in [0.1, 0.15) is 0 Å². The third kappa shape index (κ3) is 5.03. The van der Waals surface area contributed by atoms with Crippen LogP contribution in [0.1, 0.15) is 12.5 Å². The highest BCUT2D eigenvalue weighted by Gasteiger charge is 2.20. The maximum atomic E-state index is 13.3. The van der Waals surface area contributed by atoms with Gasteiger partial charge in [-0.05, 0) is 49.2 Å². The highest BCUT2D eigenvalue weighted by Crippen LogP contribution is 2.26. The molecular formula is C25H22ClN3O2S. The molecule has 1 N–H and O–H groups in total. The Labute approximate surface area is 195 Å².